The lowest BCUT2D eigenvalue weighted by molar-refractivity contribution is -0.125. The number of nitrogens with one attached hydrogen (secondary N) is 1. The lowest BCUT2D eigenvalue weighted by Gasteiger charge is -2.21. The van der Waals surface area contributed by atoms with Gasteiger partial charge in [0.2, 0.25) is 11.8 Å². The third-order valence-corrected chi connectivity index (χ3v) is 5.60. The predicted molar refractivity (Wildman–Crippen MR) is 116 cm³/mol. The van der Waals surface area contributed by atoms with Gasteiger partial charge in [-0.25, -0.2) is 4.98 Å². The largest absolute Gasteiger partial charge is 0.495 e. The van der Waals surface area contributed by atoms with Crippen LogP contribution in [0.25, 0.3) is 11.0 Å². The Morgan fingerprint density at radius 3 is 2.77 bits per heavy atom. The van der Waals surface area contributed by atoms with Gasteiger partial charge < -0.3 is 19.5 Å². The molecule has 2 atom stereocenters. The van der Waals surface area contributed by atoms with E-state index in [1.807, 2.05) is 62.4 Å². The highest BCUT2D eigenvalue weighted by Gasteiger charge is 2.33. The van der Waals surface area contributed by atoms with E-state index >= 15 is 0 Å². The molecule has 2 amide bonds. The van der Waals surface area contributed by atoms with Crippen molar-refractivity contribution < 1.29 is 14.3 Å². The van der Waals surface area contributed by atoms with Gasteiger partial charge in [0.15, 0.2) is 0 Å². The smallest absolute Gasteiger partial charge is 0.229 e. The van der Waals surface area contributed by atoms with E-state index in [0.717, 1.165) is 22.5 Å². The van der Waals surface area contributed by atoms with Gasteiger partial charge in [-0.15, -0.1) is 0 Å². The number of benzene rings is 2. The van der Waals surface area contributed by atoms with Crippen LogP contribution in [0.1, 0.15) is 19.2 Å². The van der Waals surface area contributed by atoms with Crippen LogP contribution < -0.4 is 15.0 Å². The maximum absolute atomic E-state index is 12.8. The number of fused-ring (bicyclic) bond motifs is 1. The molecule has 2 aromatic carbocycles. The number of nitrogens with zero attached hydrogens (tertiary/aromatic N) is 3. The zero-order valence-corrected chi connectivity index (χ0v) is 17.5. The zero-order chi connectivity index (χ0) is 21.3. The lowest BCUT2D eigenvalue weighted by atomic mass is 10.1. The average molecular weight is 406 g/mol. The lowest BCUT2D eigenvalue weighted by Crippen LogP contribution is -2.41. The van der Waals surface area contributed by atoms with Crippen molar-refractivity contribution in [1.29, 1.82) is 0 Å². The van der Waals surface area contributed by atoms with Gasteiger partial charge in [-0.1, -0.05) is 31.2 Å². The number of hydrogen-bond donors (Lipinski definition) is 1. The summed E-state index contributed by atoms with van der Waals surface area (Å²) in [5.41, 5.74) is 2.68. The normalized spacial score (nSPS) is 17.4. The van der Waals surface area contributed by atoms with Crippen molar-refractivity contribution in [3.8, 4) is 5.75 Å². The van der Waals surface area contributed by atoms with E-state index in [4.69, 9.17) is 4.74 Å². The number of rotatable bonds is 6. The number of para-hydroxylation sites is 4. The molecule has 4 rings (SSSR count). The highest BCUT2D eigenvalue weighted by Crippen LogP contribution is 2.31. The van der Waals surface area contributed by atoms with Gasteiger partial charge in [-0.05, 0) is 31.2 Å². The van der Waals surface area contributed by atoms with Crippen molar-refractivity contribution in [2.45, 2.75) is 32.9 Å². The Bertz CT molecular complexity index is 1090. The second-order valence-electron chi connectivity index (χ2n) is 7.75. The van der Waals surface area contributed by atoms with Crippen LogP contribution >= 0.6 is 0 Å². The minimum Gasteiger partial charge on any atom is -0.495 e. The first-order chi connectivity index (χ1) is 14.5. The number of carbonyl (C=O) groups excluding carboxylic acids is 2. The van der Waals surface area contributed by atoms with Gasteiger partial charge in [-0.2, -0.15) is 0 Å². The first kappa shape index (κ1) is 19.9. The van der Waals surface area contributed by atoms with Gasteiger partial charge in [0.25, 0.3) is 0 Å². The summed E-state index contributed by atoms with van der Waals surface area (Å²) in [5.74, 6) is 1.19. The van der Waals surface area contributed by atoms with E-state index in [-0.39, 0.29) is 30.2 Å². The fraction of sp³-hybridized carbons (Fsp3) is 0.348. The summed E-state index contributed by atoms with van der Waals surface area (Å²) in [7, 11) is 1.59. The van der Waals surface area contributed by atoms with Crippen LogP contribution in [0.15, 0.2) is 48.5 Å². The van der Waals surface area contributed by atoms with Gasteiger partial charge in [-0.3, -0.25) is 9.59 Å². The van der Waals surface area contributed by atoms with Crippen molar-refractivity contribution in [2.75, 3.05) is 18.6 Å². The summed E-state index contributed by atoms with van der Waals surface area (Å²) in [5, 5.41) is 3.05. The minimum atomic E-state index is -0.253. The molecule has 1 fully saturated rings. The number of carbonyl (C=O) groups is 2. The zero-order valence-electron chi connectivity index (χ0n) is 17.5. The molecule has 7 nitrogen and oxygen atoms in total. The Balaban J connectivity index is 1.42. The number of ether oxygens (including phenoxy) is 1. The molecule has 0 saturated carbocycles. The minimum absolute atomic E-state index is 0.0195. The highest BCUT2D eigenvalue weighted by molar-refractivity contribution is 5.98. The summed E-state index contributed by atoms with van der Waals surface area (Å²) in [6, 6.07) is 15.1. The fourth-order valence-corrected chi connectivity index (χ4v) is 4.02. The Kier molecular flexibility index (Phi) is 5.44. The molecule has 1 saturated heterocycles. The van der Waals surface area contributed by atoms with Crippen LogP contribution in [0.5, 0.6) is 5.75 Å². The molecule has 0 spiro atoms. The number of methoxy groups -OCH3 is 1. The Morgan fingerprint density at radius 1 is 1.23 bits per heavy atom. The van der Waals surface area contributed by atoms with Crippen molar-refractivity contribution in [3.05, 3.63) is 54.4 Å². The number of amides is 2. The van der Waals surface area contributed by atoms with Crippen LogP contribution in [-0.2, 0) is 16.1 Å². The van der Waals surface area contributed by atoms with Crippen molar-refractivity contribution >= 4 is 28.5 Å². The number of aromatic nitrogens is 2. The molecule has 156 valence electrons. The first-order valence-corrected chi connectivity index (χ1v) is 10.1. The van der Waals surface area contributed by atoms with Crippen molar-refractivity contribution in [3.63, 3.8) is 0 Å². The molecule has 2 heterocycles. The van der Waals surface area contributed by atoms with E-state index in [1.165, 1.54) is 0 Å². The molecule has 30 heavy (non-hydrogen) atoms. The van der Waals surface area contributed by atoms with Crippen molar-refractivity contribution in [2.24, 2.45) is 5.92 Å². The number of anilines is 1. The molecule has 1 aromatic heterocycles. The standard InChI is InChI=1S/C23H26N4O3/c1-15(13-26-16(2)24-18-8-4-5-9-19(18)26)23(29)25-17-12-22(28)27(14-17)20-10-6-7-11-21(20)30-3/h4-11,15,17H,12-14H2,1-3H3,(H,25,29)/t15-,17-/m0/s1. The summed E-state index contributed by atoms with van der Waals surface area (Å²) in [4.78, 5) is 31.7. The van der Waals surface area contributed by atoms with E-state index < -0.39 is 0 Å². The molecular weight excluding hydrogens is 380 g/mol. The van der Waals surface area contributed by atoms with E-state index in [9.17, 15) is 9.59 Å². The molecule has 1 N–H and O–H groups in total. The maximum atomic E-state index is 12.8. The summed E-state index contributed by atoms with van der Waals surface area (Å²) >= 11 is 0. The predicted octanol–water partition coefficient (Wildman–Crippen LogP) is 2.91. The number of hydrogen-bond acceptors (Lipinski definition) is 4. The molecule has 7 heteroatoms. The Morgan fingerprint density at radius 2 is 1.97 bits per heavy atom. The van der Waals surface area contributed by atoms with E-state index in [0.29, 0.717) is 18.8 Å². The Hall–Kier alpha value is -3.35. The van der Waals surface area contributed by atoms with E-state index in [1.54, 1.807) is 12.0 Å². The molecule has 3 aromatic rings. The van der Waals surface area contributed by atoms with Gasteiger partial charge in [0.1, 0.15) is 11.6 Å². The second-order valence-corrected chi connectivity index (χ2v) is 7.75. The fourth-order valence-electron chi connectivity index (χ4n) is 4.02. The quantitative estimate of drug-likeness (QED) is 0.683. The third kappa shape index (κ3) is 3.75. The number of aryl methyl sites for hydroxylation is 1. The average Bonchev–Trinajstić information content (AvgIpc) is 3.26. The molecule has 0 bridgehead atoms. The van der Waals surface area contributed by atoms with Crippen LogP contribution in [0.4, 0.5) is 5.69 Å². The molecule has 0 radical (unpaired) electrons. The van der Waals surface area contributed by atoms with Gasteiger partial charge in [0, 0.05) is 19.5 Å². The second kappa shape index (κ2) is 8.18. The van der Waals surface area contributed by atoms with Crippen LogP contribution in [0.3, 0.4) is 0 Å². The molecule has 1 aliphatic rings. The highest BCUT2D eigenvalue weighted by atomic mass is 16.5. The molecule has 0 unspecified atom stereocenters. The SMILES string of the molecule is COc1ccccc1N1C[C@@H](NC(=O)[C@@H](C)Cn2c(C)nc3ccccc32)CC1=O. The first-order valence-electron chi connectivity index (χ1n) is 10.1. The maximum Gasteiger partial charge on any atom is 0.229 e. The summed E-state index contributed by atoms with van der Waals surface area (Å²) in [6.45, 7) is 4.82. The topological polar surface area (TPSA) is 76.5 Å². The van der Waals surface area contributed by atoms with Crippen molar-refractivity contribution in [1.82, 2.24) is 14.9 Å². The van der Waals surface area contributed by atoms with Gasteiger partial charge >= 0.3 is 0 Å². The molecule has 1 aliphatic heterocycles. The molecular formula is C23H26N4O3. The molecule has 0 aliphatic carbocycles. The van der Waals surface area contributed by atoms with Gasteiger partial charge in [0.05, 0.1) is 35.8 Å². The van der Waals surface area contributed by atoms with E-state index in [2.05, 4.69) is 14.9 Å². The third-order valence-electron chi connectivity index (χ3n) is 5.60. The van der Waals surface area contributed by atoms with Crippen LogP contribution in [-0.4, -0.2) is 41.1 Å². The summed E-state index contributed by atoms with van der Waals surface area (Å²) < 4.78 is 7.45. The summed E-state index contributed by atoms with van der Waals surface area (Å²) in [6.07, 6.45) is 0.281. The van der Waals surface area contributed by atoms with Crippen LogP contribution in [0, 0.1) is 12.8 Å². The number of imidazole rings is 1. The Labute approximate surface area is 175 Å². The van der Waals surface area contributed by atoms with Crippen LogP contribution in [0.2, 0.25) is 0 Å². The monoisotopic (exact) mass is 406 g/mol.